The van der Waals surface area contributed by atoms with E-state index in [2.05, 4.69) is 30.0 Å². The maximum atomic E-state index is 11.6. The van der Waals surface area contributed by atoms with E-state index in [1.807, 2.05) is 0 Å². The van der Waals surface area contributed by atoms with E-state index in [0.29, 0.717) is 0 Å². The molecule has 4 nitrogen and oxygen atoms in total. The molecule has 0 unspecified atom stereocenters. The molecule has 1 aromatic heterocycles. The van der Waals surface area contributed by atoms with Gasteiger partial charge in [-0.2, -0.15) is 0 Å². The van der Waals surface area contributed by atoms with Gasteiger partial charge in [0.25, 0.3) is 0 Å². The summed E-state index contributed by atoms with van der Waals surface area (Å²) in [4.78, 5) is 18.6. The number of ether oxygens (including phenoxy) is 1. The van der Waals surface area contributed by atoms with Crippen LogP contribution in [0.3, 0.4) is 0 Å². The minimum atomic E-state index is -0.0773. The number of aryl methyl sites for hydroxylation is 1. The van der Waals surface area contributed by atoms with E-state index in [0.717, 1.165) is 43.0 Å². The first-order valence-corrected chi connectivity index (χ1v) is 8.25. The van der Waals surface area contributed by atoms with Crippen molar-refractivity contribution in [3.05, 3.63) is 23.8 Å². The van der Waals surface area contributed by atoms with Gasteiger partial charge in [-0.25, -0.2) is 4.98 Å². The molecule has 2 aromatic rings. The number of piperidine rings is 1. The summed E-state index contributed by atoms with van der Waals surface area (Å²) in [5.74, 6) is -0.0288. The molecule has 0 spiro atoms. The fourth-order valence-corrected chi connectivity index (χ4v) is 3.87. The van der Waals surface area contributed by atoms with Crippen molar-refractivity contribution >= 4 is 32.7 Å². The fraction of sp³-hybridized carbons (Fsp3) is 0.500. The van der Waals surface area contributed by atoms with Crippen LogP contribution in [0.4, 0.5) is 5.13 Å². The van der Waals surface area contributed by atoms with E-state index in [1.54, 1.807) is 11.3 Å². The molecule has 1 fully saturated rings. The predicted octanol–water partition coefficient (Wildman–Crippen LogP) is 3.25. The highest BCUT2D eigenvalue weighted by molar-refractivity contribution is 7.22. The molecule has 0 saturated carbocycles. The van der Waals surface area contributed by atoms with Gasteiger partial charge in [-0.1, -0.05) is 24.3 Å². The van der Waals surface area contributed by atoms with Gasteiger partial charge in [0.2, 0.25) is 0 Å². The van der Waals surface area contributed by atoms with Crippen LogP contribution in [0.25, 0.3) is 10.2 Å². The van der Waals surface area contributed by atoms with Crippen LogP contribution in [-0.4, -0.2) is 31.2 Å². The van der Waals surface area contributed by atoms with Crippen LogP contribution in [0.15, 0.2) is 18.2 Å². The van der Waals surface area contributed by atoms with Crippen molar-refractivity contribution in [2.75, 3.05) is 25.1 Å². The molecule has 0 bridgehead atoms. The Hall–Kier alpha value is -1.62. The van der Waals surface area contributed by atoms with Crippen molar-refractivity contribution in [3.8, 4) is 0 Å². The third-order valence-corrected chi connectivity index (χ3v) is 5.23. The average molecular weight is 304 g/mol. The number of anilines is 1. The number of carbonyl (C=O) groups excluding carboxylic acids is 1. The summed E-state index contributed by atoms with van der Waals surface area (Å²) in [6.07, 6.45) is 2.75. The normalized spacial score (nSPS) is 16.4. The smallest absolute Gasteiger partial charge is 0.308 e. The Kier molecular flexibility index (Phi) is 4.10. The Labute approximate surface area is 128 Å². The lowest BCUT2D eigenvalue weighted by Gasteiger charge is -2.30. The van der Waals surface area contributed by atoms with E-state index in [-0.39, 0.29) is 11.9 Å². The molecule has 5 heteroatoms. The number of carbonyl (C=O) groups is 1. The maximum absolute atomic E-state index is 11.6. The van der Waals surface area contributed by atoms with Crippen LogP contribution in [0.1, 0.15) is 25.3 Å². The van der Waals surface area contributed by atoms with E-state index in [4.69, 9.17) is 9.72 Å². The standard InChI is InChI=1S/C16H20N2O2S/c1-3-11-4-5-13-14(10-11)21-16(17-13)18-8-6-12(7-9-18)15(19)20-2/h4-5,10,12H,3,6-9H2,1-2H3. The van der Waals surface area contributed by atoms with Gasteiger partial charge in [0.05, 0.1) is 23.2 Å². The van der Waals surface area contributed by atoms with Crippen molar-refractivity contribution < 1.29 is 9.53 Å². The van der Waals surface area contributed by atoms with E-state index < -0.39 is 0 Å². The van der Waals surface area contributed by atoms with Gasteiger partial charge < -0.3 is 9.64 Å². The Morgan fingerprint density at radius 3 is 2.86 bits per heavy atom. The Morgan fingerprint density at radius 1 is 1.43 bits per heavy atom. The molecule has 1 aliphatic heterocycles. The summed E-state index contributed by atoms with van der Waals surface area (Å²) in [5.41, 5.74) is 2.42. The minimum absolute atomic E-state index is 0.0484. The van der Waals surface area contributed by atoms with Gasteiger partial charge in [0.1, 0.15) is 0 Å². The lowest BCUT2D eigenvalue weighted by Crippen LogP contribution is -2.36. The van der Waals surface area contributed by atoms with Crippen molar-refractivity contribution in [1.82, 2.24) is 4.98 Å². The molecule has 0 radical (unpaired) electrons. The zero-order chi connectivity index (χ0) is 14.8. The third kappa shape index (κ3) is 2.88. The topological polar surface area (TPSA) is 42.4 Å². The van der Waals surface area contributed by atoms with Crippen molar-refractivity contribution in [2.24, 2.45) is 5.92 Å². The average Bonchev–Trinajstić information content (AvgIpc) is 2.97. The van der Waals surface area contributed by atoms with Gasteiger partial charge in [-0.15, -0.1) is 0 Å². The highest BCUT2D eigenvalue weighted by atomic mass is 32.1. The van der Waals surface area contributed by atoms with Crippen LogP contribution >= 0.6 is 11.3 Å². The summed E-state index contributed by atoms with van der Waals surface area (Å²) in [6.45, 7) is 3.92. The molecule has 112 valence electrons. The zero-order valence-electron chi connectivity index (χ0n) is 12.5. The highest BCUT2D eigenvalue weighted by Crippen LogP contribution is 2.32. The van der Waals surface area contributed by atoms with Gasteiger partial charge in [0.15, 0.2) is 5.13 Å². The minimum Gasteiger partial charge on any atom is -0.469 e. The van der Waals surface area contributed by atoms with Crippen LogP contribution in [0, 0.1) is 5.92 Å². The van der Waals surface area contributed by atoms with Crippen LogP contribution in [0.2, 0.25) is 0 Å². The predicted molar refractivity (Wildman–Crippen MR) is 86.0 cm³/mol. The second kappa shape index (κ2) is 6.02. The first-order valence-electron chi connectivity index (χ1n) is 7.43. The molecule has 0 N–H and O–H groups in total. The molecule has 1 saturated heterocycles. The number of hydrogen-bond donors (Lipinski definition) is 0. The number of methoxy groups -OCH3 is 1. The maximum Gasteiger partial charge on any atom is 0.308 e. The Bertz CT molecular complexity index is 645. The lowest BCUT2D eigenvalue weighted by molar-refractivity contribution is -0.146. The summed E-state index contributed by atoms with van der Waals surface area (Å²) < 4.78 is 6.08. The number of hydrogen-bond acceptors (Lipinski definition) is 5. The van der Waals surface area contributed by atoms with Gasteiger partial charge in [0, 0.05) is 13.1 Å². The van der Waals surface area contributed by atoms with Crippen molar-refractivity contribution in [2.45, 2.75) is 26.2 Å². The lowest BCUT2D eigenvalue weighted by atomic mass is 9.97. The number of nitrogens with zero attached hydrogens (tertiary/aromatic N) is 2. The fourth-order valence-electron chi connectivity index (χ4n) is 2.79. The second-order valence-corrected chi connectivity index (χ2v) is 6.45. The molecule has 1 aliphatic rings. The monoisotopic (exact) mass is 304 g/mol. The van der Waals surface area contributed by atoms with Crippen molar-refractivity contribution in [1.29, 1.82) is 0 Å². The molecule has 0 amide bonds. The molecular formula is C16H20N2O2S. The van der Waals surface area contributed by atoms with Crippen molar-refractivity contribution in [3.63, 3.8) is 0 Å². The number of esters is 1. The molecule has 3 rings (SSSR count). The molecule has 2 heterocycles. The highest BCUT2D eigenvalue weighted by Gasteiger charge is 2.26. The summed E-state index contributed by atoms with van der Waals surface area (Å²) in [5, 5.41) is 1.07. The first-order chi connectivity index (χ1) is 10.2. The molecule has 0 atom stereocenters. The second-order valence-electron chi connectivity index (χ2n) is 5.44. The number of thiazole rings is 1. The van der Waals surface area contributed by atoms with Crippen LogP contribution in [-0.2, 0) is 16.0 Å². The molecular weight excluding hydrogens is 284 g/mol. The largest absolute Gasteiger partial charge is 0.469 e. The SMILES string of the molecule is CCc1ccc2nc(N3CCC(C(=O)OC)CC3)sc2c1. The number of benzene rings is 1. The zero-order valence-corrected chi connectivity index (χ0v) is 13.3. The van der Waals surface area contributed by atoms with Gasteiger partial charge in [-0.05, 0) is 37.0 Å². The molecule has 0 aliphatic carbocycles. The van der Waals surface area contributed by atoms with E-state index >= 15 is 0 Å². The van der Waals surface area contributed by atoms with Crippen LogP contribution in [0.5, 0.6) is 0 Å². The third-order valence-electron chi connectivity index (χ3n) is 4.15. The summed E-state index contributed by atoms with van der Waals surface area (Å²) >= 11 is 1.75. The number of aromatic nitrogens is 1. The molecule has 21 heavy (non-hydrogen) atoms. The van der Waals surface area contributed by atoms with E-state index in [9.17, 15) is 4.79 Å². The van der Waals surface area contributed by atoms with Crippen LogP contribution < -0.4 is 4.90 Å². The van der Waals surface area contributed by atoms with Gasteiger partial charge in [-0.3, -0.25) is 4.79 Å². The Morgan fingerprint density at radius 2 is 2.19 bits per heavy atom. The number of fused-ring (bicyclic) bond motifs is 1. The first kappa shape index (κ1) is 14.3. The summed E-state index contributed by atoms with van der Waals surface area (Å²) in [7, 11) is 1.47. The Balaban J connectivity index is 1.74. The molecule has 1 aromatic carbocycles. The van der Waals surface area contributed by atoms with E-state index in [1.165, 1.54) is 17.4 Å². The van der Waals surface area contributed by atoms with Gasteiger partial charge >= 0.3 is 5.97 Å². The number of rotatable bonds is 3. The quantitative estimate of drug-likeness (QED) is 0.816. The summed E-state index contributed by atoms with van der Waals surface area (Å²) in [6, 6.07) is 6.49.